The smallest absolute Gasteiger partial charge is 0.244 e. The summed E-state index contributed by atoms with van der Waals surface area (Å²) in [5.74, 6) is 1.16. The number of carbonyl (C=O) groups is 1. The van der Waals surface area contributed by atoms with Crippen molar-refractivity contribution in [2.24, 2.45) is 0 Å². The molecule has 0 radical (unpaired) electrons. The Morgan fingerprint density at radius 1 is 1.40 bits per heavy atom. The average molecular weight is 353 g/mol. The summed E-state index contributed by atoms with van der Waals surface area (Å²) in [6.45, 7) is 1.23. The Morgan fingerprint density at radius 2 is 2.32 bits per heavy atom. The Balaban J connectivity index is 1.36. The van der Waals surface area contributed by atoms with E-state index < -0.39 is 0 Å². The van der Waals surface area contributed by atoms with Crippen LogP contribution in [0.4, 0.5) is 0 Å². The summed E-state index contributed by atoms with van der Waals surface area (Å²) < 4.78 is 7.21. The molecule has 1 amide bonds. The van der Waals surface area contributed by atoms with Gasteiger partial charge in [-0.1, -0.05) is 6.07 Å². The molecule has 1 fully saturated rings. The van der Waals surface area contributed by atoms with Crippen LogP contribution in [-0.2, 0) is 11.3 Å². The van der Waals surface area contributed by atoms with E-state index in [0.717, 1.165) is 5.69 Å². The van der Waals surface area contributed by atoms with E-state index in [4.69, 9.17) is 9.52 Å². The maximum absolute atomic E-state index is 11.9. The monoisotopic (exact) mass is 353 g/mol. The molecule has 4 rings (SSSR count). The molecule has 128 valence electrons. The van der Waals surface area contributed by atoms with Gasteiger partial charge in [-0.05, 0) is 48.6 Å². The third-order valence-electron chi connectivity index (χ3n) is 4.15. The van der Waals surface area contributed by atoms with Crippen LogP contribution in [0, 0.1) is 0 Å². The lowest BCUT2D eigenvalue weighted by atomic mass is 10.2. The van der Waals surface area contributed by atoms with Crippen LogP contribution in [0.5, 0.6) is 0 Å². The molecule has 1 aliphatic rings. The minimum atomic E-state index is -0.130. The van der Waals surface area contributed by atoms with Gasteiger partial charge in [-0.2, -0.15) is 5.10 Å². The van der Waals surface area contributed by atoms with Crippen molar-refractivity contribution in [2.45, 2.75) is 25.3 Å². The minimum Gasteiger partial charge on any atom is -0.465 e. The molecule has 0 atom stereocenters. The third kappa shape index (κ3) is 3.91. The zero-order valence-corrected chi connectivity index (χ0v) is 14.5. The first-order valence-electron chi connectivity index (χ1n) is 8.40. The van der Waals surface area contributed by atoms with Crippen LogP contribution in [0.3, 0.4) is 0 Å². The molecule has 0 aliphatic heterocycles. The van der Waals surface area contributed by atoms with Gasteiger partial charge in [-0.25, -0.2) is 0 Å². The van der Waals surface area contributed by atoms with Crippen LogP contribution in [0.1, 0.15) is 30.2 Å². The molecule has 0 saturated heterocycles. The maximum Gasteiger partial charge on any atom is 0.244 e. The first kappa shape index (κ1) is 15.9. The second-order valence-corrected chi connectivity index (χ2v) is 7.02. The number of hydrogen-bond acceptors (Lipinski definition) is 4. The molecule has 0 bridgehead atoms. The molecule has 0 unspecified atom stereocenters. The fraction of sp³-hybridized carbons (Fsp3) is 0.263. The van der Waals surface area contributed by atoms with E-state index in [1.165, 1.54) is 29.5 Å². The Bertz CT molecular complexity index is 859. The Hall–Kier alpha value is -2.60. The van der Waals surface area contributed by atoms with Crippen LogP contribution in [-0.4, -0.2) is 22.2 Å². The minimum absolute atomic E-state index is 0.130. The first-order chi connectivity index (χ1) is 12.3. The summed E-state index contributed by atoms with van der Waals surface area (Å²) >= 11 is 1.70. The van der Waals surface area contributed by atoms with Gasteiger partial charge in [0.1, 0.15) is 11.5 Å². The highest BCUT2D eigenvalue weighted by Gasteiger charge is 2.28. The van der Waals surface area contributed by atoms with Gasteiger partial charge in [0, 0.05) is 24.2 Å². The van der Waals surface area contributed by atoms with E-state index in [2.05, 4.69) is 22.8 Å². The summed E-state index contributed by atoms with van der Waals surface area (Å²) in [6, 6.07) is 9.93. The zero-order valence-electron chi connectivity index (χ0n) is 13.7. The van der Waals surface area contributed by atoms with E-state index >= 15 is 0 Å². The molecule has 0 aromatic carbocycles. The van der Waals surface area contributed by atoms with Crippen LogP contribution in [0.2, 0.25) is 0 Å². The number of nitrogens with one attached hydrogen (secondary N) is 1. The number of rotatable bonds is 7. The highest BCUT2D eigenvalue weighted by atomic mass is 32.1. The highest BCUT2D eigenvalue weighted by Crippen LogP contribution is 2.41. The molecular formula is C19H19N3O2S. The quantitative estimate of drug-likeness (QED) is 0.655. The van der Waals surface area contributed by atoms with Crippen molar-refractivity contribution in [1.29, 1.82) is 0 Å². The molecule has 5 nitrogen and oxygen atoms in total. The zero-order chi connectivity index (χ0) is 17.1. The van der Waals surface area contributed by atoms with E-state index in [-0.39, 0.29) is 5.91 Å². The van der Waals surface area contributed by atoms with Crippen molar-refractivity contribution in [3.63, 3.8) is 0 Å². The Labute approximate surface area is 150 Å². The first-order valence-corrected chi connectivity index (χ1v) is 9.28. The maximum atomic E-state index is 11.9. The summed E-state index contributed by atoms with van der Waals surface area (Å²) in [5, 5.41) is 9.70. The third-order valence-corrected chi connectivity index (χ3v) is 5.04. The molecule has 0 spiro atoms. The van der Waals surface area contributed by atoms with Crippen LogP contribution < -0.4 is 5.32 Å². The number of amides is 1. The lowest BCUT2D eigenvalue weighted by Gasteiger charge is -2.07. The standard InChI is InChI=1S/C19H19N3O2S/c23-19(8-7-15-3-1-11-24-15)20-9-10-22-17(14-5-6-14)13-16(21-22)18-4-2-12-25-18/h1-4,7-8,11-14H,5-6,9-10H2,(H,20,23). The summed E-state index contributed by atoms with van der Waals surface area (Å²) in [6.07, 6.45) is 7.19. The summed E-state index contributed by atoms with van der Waals surface area (Å²) in [7, 11) is 0. The average Bonchev–Trinajstić information content (AvgIpc) is 3.06. The van der Waals surface area contributed by atoms with Crippen molar-refractivity contribution in [2.75, 3.05) is 6.54 Å². The summed E-state index contributed by atoms with van der Waals surface area (Å²) in [5.41, 5.74) is 2.31. The molecule has 3 aromatic heterocycles. The van der Waals surface area contributed by atoms with Crippen molar-refractivity contribution in [1.82, 2.24) is 15.1 Å². The van der Waals surface area contributed by atoms with Crippen LogP contribution >= 0.6 is 11.3 Å². The van der Waals surface area contributed by atoms with E-state index in [9.17, 15) is 4.79 Å². The normalized spacial score (nSPS) is 14.2. The van der Waals surface area contributed by atoms with Gasteiger partial charge in [0.15, 0.2) is 0 Å². The van der Waals surface area contributed by atoms with Gasteiger partial charge in [0.25, 0.3) is 0 Å². The highest BCUT2D eigenvalue weighted by molar-refractivity contribution is 7.13. The topological polar surface area (TPSA) is 60.1 Å². The van der Waals surface area contributed by atoms with Crippen molar-refractivity contribution in [3.8, 4) is 10.6 Å². The second-order valence-electron chi connectivity index (χ2n) is 6.07. The molecule has 1 aliphatic carbocycles. The largest absolute Gasteiger partial charge is 0.465 e. The van der Waals surface area contributed by atoms with Crippen LogP contribution in [0.25, 0.3) is 16.6 Å². The predicted octanol–water partition coefficient (Wildman–Crippen LogP) is 3.91. The molecule has 25 heavy (non-hydrogen) atoms. The molecular weight excluding hydrogens is 334 g/mol. The lowest BCUT2D eigenvalue weighted by molar-refractivity contribution is -0.116. The predicted molar refractivity (Wildman–Crippen MR) is 98.3 cm³/mol. The van der Waals surface area contributed by atoms with Gasteiger partial charge in [0.2, 0.25) is 5.91 Å². The van der Waals surface area contributed by atoms with Crippen molar-refractivity contribution in [3.05, 3.63) is 59.5 Å². The number of thiophene rings is 1. The van der Waals surface area contributed by atoms with Crippen LogP contribution in [0.15, 0.2) is 52.5 Å². The van der Waals surface area contributed by atoms with Gasteiger partial charge >= 0.3 is 0 Å². The molecule has 1 saturated carbocycles. The van der Waals surface area contributed by atoms with Gasteiger partial charge in [-0.15, -0.1) is 11.3 Å². The van der Waals surface area contributed by atoms with Crippen molar-refractivity contribution >= 4 is 23.3 Å². The molecule has 6 heteroatoms. The van der Waals surface area contributed by atoms with E-state index in [1.54, 1.807) is 29.7 Å². The SMILES string of the molecule is O=C(C=Cc1ccco1)NCCn1nc(-c2cccs2)cc1C1CC1. The Kier molecular flexibility index (Phi) is 4.52. The number of nitrogens with zero attached hydrogens (tertiary/aromatic N) is 2. The lowest BCUT2D eigenvalue weighted by Crippen LogP contribution is -2.26. The Morgan fingerprint density at radius 3 is 3.04 bits per heavy atom. The van der Waals surface area contributed by atoms with E-state index in [0.29, 0.717) is 24.8 Å². The number of furan rings is 1. The van der Waals surface area contributed by atoms with Gasteiger partial charge < -0.3 is 9.73 Å². The molecule has 3 aromatic rings. The summed E-state index contributed by atoms with van der Waals surface area (Å²) in [4.78, 5) is 13.1. The second kappa shape index (κ2) is 7.11. The van der Waals surface area contributed by atoms with E-state index in [1.807, 2.05) is 16.8 Å². The van der Waals surface area contributed by atoms with Gasteiger partial charge in [0.05, 0.1) is 17.7 Å². The fourth-order valence-corrected chi connectivity index (χ4v) is 3.43. The molecule has 3 heterocycles. The number of aromatic nitrogens is 2. The fourth-order valence-electron chi connectivity index (χ4n) is 2.75. The molecule has 1 N–H and O–H groups in total. The number of carbonyl (C=O) groups excluding carboxylic acids is 1. The van der Waals surface area contributed by atoms with Gasteiger partial charge in [-0.3, -0.25) is 9.48 Å². The van der Waals surface area contributed by atoms with Crippen molar-refractivity contribution < 1.29 is 9.21 Å². The number of hydrogen-bond donors (Lipinski definition) is 1.